The molecule has 6 nitrogen and oxygen atoms in total. The Morgan fingerprint density at radius 2 is 2.00 bits per heavy atom. The van der Waals surface area contributed by atoms with Gasteiger partial charge in [-0.15, -0.1) is 0 Å². The van der Waals surface area contributed by atoms with Gasteiger partial charge < -0.3 is 20.8 Å². The summed E-state index contributed by atoms with van der Waals surface area (Å²) in [6.45, 7) is 0. The minimum atomic E-state index is -0.418. The predicted octanol–water partition coefficient (Wildman–Crippen LogP) is 5.07. The molecule has 31 heavy (non-hydrogen) atoms. The van der Waals surface area contributed by atoms with Crippen molar-refractivity contribution in [1.82, 2.24) is 15.3 Å². The Labute approximate surface area is 184 Å². The van der Waals surface area contributed by atoms with Crippen molar-refractivity contribution in [2.45, 2.75) is 12.8 Å². The van der Waals surface area contributed by atoms with Gasteiger partial charge in [0.1, 0.15) is 11.6 Å². The van der Waals surface area contributed by atoms with Crippen LogP contribution in [0.1, 0.15) is 23.2 Å². The van der Waals surface area contributed by atoms with Crippen molar-refractivity contribution in [2.24, 2.45) is 0 Å². The number of hydrogen-bond acceptors (Lipinski definition) is 6. The number of aromatic nitrogens is 2. The molecule has 1 aliphatic rings. The summed E-state index contributed by atoms with van der Waals surface area (Å²) in [4.78, 5) is 9.17. The summed E-state index contributed by atoms with van der Waals surface area (Å²) in [6.07, 6.45) is 2.99. The van der Waals surface area contributed by atoms with Crippen LogP contribution in [0.4, 0.5) is 16.0 Å². The topological polar surface area (TPSA) is 82.9 Å². The van der Waals surface area contributed by atoms with Gasteiger partial charge in [-0.3, -0.25) is 0 Å². The number of anilines is 2. The van der Waals surface area contributed by atoms with Crippen LogP contribution in [0.25, 0.3) is 11.3 Å². The number of benzene rings is 2. The molecule has 158 valence electrons. The maximum Gasteiger partial charge on any atom is 0.227 e. The van der Waals surface area contributed by atoms with Gasteiger partial charge in [0, 0.05) is 30.1 Å². The summed E-state index contributed by atoms with van der Waals surface area (Å²) >= 11 is 6.33. The summed E-state index contributed by atoms with van der Waals surface area (Å²) < 4.78 is 19.0. The fourth-order valence-corrected chi connectivity index (χ4v) is 3.88. The molecule has 0 unspecified atom stereocenters. The Morgan fingerprint density at radius 3 is 2.74 bits per heavy atom. The van der Waals surface area contributed by atoms with Crippen LogP contribution in [0, 0.1) is 11.2 Å². The van der Waals surface area contributed by atoms with E-state index in [1.165, 1.54) is 12.1 Å². The van der Waals surface area contributed by atoms with E-state index >= 15 is 0 Å². The number of methoxy groups -OCH3 is 1. The van der Waals surface area contributed by atoms with Gasteiger partial charge in [0.25, 0.3) is 0 Å². The number of hydrogen-bond donors (Lipinski definition) is 3. The first-order valence-electron chi connectivity index (χ1n) is 9.73. The Kier molecular flexibility index (Phi) is 5.86. The van der Waals surface area contributed by atoms with Crippen molar-refractivity contribution >= 4 is 40.2 Å². The van der Waals surface area contributed by atoms with Crippen LogP contribution in [-0.2, 0) is 6.42 Å². The van der Waals surface area contributed by atoms with E-state index in [1.807, 2.05) is 24.3 Å². The van der Waals surface area contributed by atoms with Crippen LogP contribution in [-0.4, -0.2) is 29.8 Å². The van der Waals surface area contributed by atoms with Crippen LogP contribution >= 0.6 is 11.6 Å². The smallest absolute Gasteiger partial charge is 0.227 e. The second kappa shape index (κ2) is 8.73. The quantitative estimate of drug-likeness (QED) is 0.518. The van der Waals surface area contributed by atoms with Gasteiger partial charge in [0.15, 0.2) is 0 Å². The fraction of sp³-hybridized carbons (Fsp3) is 0.174. The summed E-state index contributed by atoms with van der Waals surface area (Å²) in [6, 6.07) is 11.7. The molecule has 0 bridgehead atoms. The molecule has 0 radical (unpaired) electrons. The van der Waals surface area contributed by atoms with Gasteiger partial charge >= 0.3 is 0 Å². The molecular weight excluding hydrogens is 417 g/mol. The molecule has 0 saturated heterocycles. The minimum Gasteiger partial charge on any atom is -0.495 e. The Bertz CT molecular complexity index is 1190. The summed E-state index contributed by atoms with van der Waals surface area (Å²) in [7, 11) is 3.35. The lowest BCUT2D eigenvalue weighted by molar-refractivity contribution is 0.417. The van der Waals surface area contributed by atoms with Crippen LogP contribution in [0.3, 0.4) is 0 Å². The minimum absolute atomic E-state index is 0.262. The molecule has 0 aliphatic heterocycles. The molecule has 3 N–H and O–H groups in total. The molecule has 0 amide bonds. The molecular formula is C23H21ClFN5O. The monoisotopic (exact) mass is 437 g/mol. The van der Waals surface area contributed by atoms with Gasteiger partial charge in [-0.05, 0) is 48.7 Å². The third-order valence-corrected chi connectivity index (χ3v) is 5.41. The Hall–Kier alpha value is -3.45. The molecule has 0 fully saturated rings. The number of ether oxygens (including phenoxy) is 1. The van der Waals surface area contributed by atoms with E-state index < -0.39 is 5.82 Å². The second-order valence-electron chi connectivity index (χ2n) is 7.00. The molecule has 0 spiro atoms. The van der Waals surface area contributed by atoms with E-state index in [2.05, 4.69) is 15.6 Å². The third-order valence-electron chi connectivity index (χ3n) is 5.10. The average Bonchev–Trinajstić information content (AvgIpc) is 2.77. The predicted molar refractivity (Wildman–Crippen MR) is 122 cm³/mol. The SMILES string of the molecule is CN/C(=C1\C(=N)CCc2cnc(Nc3ccccc3OC)nc21)c1ccc(F)cc1Cl. The molecule has 0 atom stereocenters. The lowest BCUT2D eigenvalue weighted by atomic mass is 9.87. The zero-order valence-electron chi connectivity index (χ0n) is 17.1. The van der Waals surface area contributed by atoms with Crippen LogP contribution in [0.15, 0.2) is 48.7 Å². The molecule has 2 aromatic carbocycles. The zero-order valence-corrected chi connectivity index (χ0v) is 17.8. The number of nitrogens with one attached hydrogen (secondary N) is 3. The molecule has 0 saturated carbocycles. The van der Waals surface area contributed by atoms with Crippen molar-refractivity contribution in [3.05, 3.63) is 76.3 Å². The first kappa shape index (κ1) is 20.8. The van der Waals surface area contributed by atoms with Gasteiger partial charge in [0.2, 0.25) is 5.95 Å². The standard InChI is InChI=1S/C23H21ClFN5O/c1-27-22(15-9-8-14(25)11-16(15)24)20-17(26)10-7-13-12-28-23(30-21(13)20)29-18-5-3-4-6-19(18)31-2/h3-6,8-9,11-12,26-27H,7,10H2,1-2H3,(H,28,29,30)/b22-20+,26-17?. The van der Waals surface area contributed by atoms with Gasteiger partial charge in [-0.2, -0.15) is 0 Å². The maximum absolute atomic E-state index is 13.6. The van der Waals surface area contributed by atoms with Gasteiger partial charge in [0.05, 0.1) is 29.2 Å². The Balaban J connectivity index is 1.84. The lowest BCUT2D eigenvalue weighted by Gasteiger charge is -2.23. The third kappa shape index (κ3) is 4.09. The normalized spacial score (nSPS) is 14.6. The zero-order chi connectivity index (χ0) is 22.0. The number of fused-ring (bicyclic) bond motifs is 1. The first-order chi connectivity index (χ1) is 15.0. The number of rotatable bonds is 5. The fourth-order valence-electron chi connectivity index (χ4n) is 3.62. The second-order valence-corrected chi connectivity index (χ2v) is 7.40. The molecule has 4 rings (SSSR count). The van der Waals surface area contributed by atoms with Crippen molar-refractivity contribution in [3.63, 3.8) is 0 Å². The molecule has 3 aromatic rings. The molecule has 1 aliphatic carbocycles. The Morgan fingerprint density at radius 1 is 1.19 bits per heavy atom. The van der Waals surface area contributed by atoms with Crippen LogP contribution in [0.2, 0.25) is 5.02 Å². The average molecular weight is 438 g/mol. The van der Waals surface area contributed by atoms with E-state index in [9.17, 15) is 4.39 Å². The van der Waals surface area contributed by atoms with E-state index in [0.29, 0.717) is 52.8 Å². The van der Waals surface area contributed by atoms with E-state index in [4.69, 9.17) is 26.7 Å². The summed E-state index contributed by atoms with van der Waals surface area (Å²) in [5.74, 6) is 0.636. The van der Waals surface area contributed by atoms with Crippen molar-refractivity contribution in [2.75, 3.05) is 19.5 Å². The number of aryl methyl sites for hydroxylation is 1. The van der Waals surface area contributed by atoms with Gasteiger partial charge in [-0.25, -0.2) is 14.4 Å². The first-order valence-corrected chi connectivity index (χ1v) is 10.1. The van der Waals surface area contributed by atoms with Crippen molar-refractivity contribution < 1.29 is 9.13 Å². The van der Waals surface area contributed by atoms with E-state index in [-0.39, 0.29) is 5.02 Å². The molecule has 1 heterocycles. The van der Waals surface area contributed by atoms with Crippen molar-refractivity contribution in [1.29, 1.82) is 5.41 Å². The van der Waals surface area contributed by atoms with Crippen LogP contribution in [0.5, 0.6) is 5.75 Å². The number of allylic oxidation sites excluding steroid dienone is 1. The largest absolute Gasteiger partial charge is 0.495 e. The lowest BCUT2D eigenvalue weighted by Crippen LogP contribution is -2.20. The highest BCUT2D eigenvalue weighted by Gasteiger charge is 2.26. The van der Waals surface area contributed by atoms with Gasteiger partial charge in [-0.1, -0.05) is 23.7 Å². The van der Waals surface area contributed by atoms with Crippen LogP contribution < -0.4 is 15.4 Å². The maximum atomic E-state index is 13.6. The van der Waals surface area contributed by atoms with E-state index in [1.54, 1.807) is 26.4 Å². The number of para-hydroxylation sites is 2. The number of nitrogens with zero attached hydrogens (tertiary/aromatic N) is 2. The molecule has 1 aromatic heterocycles. The molecule has 8 heteroatoms. The van der Waals surface area contributed by atoms with Crippen molar-refractivity contribution in [3.8, 4) is 5.75 Å². The highest BCUT2D eigenvalue weighted by Crippen LogP contribution is 2.35. The summed E-state index contributed by atoms with van der Waals surface area (Å²) in [5, 5.41) is 15.2. The number of halogens is 2. The summed E-state index contributed by atoms with van der Waals surface area (Å²) in [5.41, 5.74) is 4.60. The van der Waals surface area contributed by atoms with E-state index in [0.717, 1.165) is 11.3 Å². The highest BCUT2D eigenvalue weighted by molar-refractivity contribution is 6.35. The highest BCUT2D eigenvalue weighted by atomic mass is 35.5.